The molecule has 0 aromatic carbocycles. The summed E-state index contributed by atoms with van der Waals surface area (Å²) in [6.07, 6.45) is 3.30. The first-order valence-electron chi connectivity index (χ1n) is 4.88. The van der Waals surface area contributed by atoms with E-state index >= 15 is 0 Å². The van der Waals surface area contributed by atoms with Crippen LogP contribution in [0.25, 0.3) is 0 Å². The molecule has 0 heterocycles. The highest BCUT2D eigenvalue weighted by Gasteiger charge is 2.68. The van der Waals surface area contributed by atoms with Crippen LogP contribution in [0.2, 0.25) is 0 Å². The molecule has 3 aliphatic rings. The molecule has 3 fully saturated rings. The molecule has 0 saturated heterocycles. The van der Waals surface area contributed by atoms with Gasteiger partial charge in [0.2, 0.25) is 0 Å². The van der Waals surface area contributed by atoms with Crippen molar-refractivity contribution < 1.29 is 13.5 Å². The van der Waals surface area contributed by atoms with Gasteiger partial charge in [-0.25, -0.2) is 0 Å². The summed E-state index contributed by atoms with van der Waals surface area (Å²) < 4.78 is 27.9. The molecule has 3 aliphatic carbocycles. The lowest BCUT2D eigenvalue weighted by Crippen LogP contribution is -2.65. The Morgan fingerprint density at radius 3 is 2.15 bits per heavy atom. The van der Waals surface area contributed by atoms with Gasteiger partial charge in [0.1, 0.15) is 0 Å². The van der Waals surface area contributed by atoms with Gasteiger partial charge in [0, 0.05) is 0 Å². The molecule has 3 saturated carbocycles. The van der Waals surface area contributed by atoms with Crippen molar-refractivity contribution >= 4 is 0 Å². The summed E-state index contributed by atoms with van der Waals surface area (Å²) in [5.74, 6) is 0.695. The van der Waals surface area contributed by atoms with E-state index in [0.717, 1.165) is 19.3 Å². The molecule has 0 unspecified atom stereocenters. The van der Waals surface area contributed by atoms with Crippen LogP contribution < -0.4 is 0 Å². The molecular weight excluding hydrogens is 174 g/mol. The Labute approximate surface area is 77.5 Å². The monoisotopic (exact) mass is 190 g/mol. The van der Waals surface area contributed by atoms with Crippen LogP contribution in [0.15, 0.2) is 0 Å². The molecule has 3 heteroatoms. The second-order valence-electron chi connectivity index (χ2n) is 5.12. The average Bonchev–Trinajstić information content (AvgIpc) is 1.79. The fourth-order valence-corrected chi connectivity index (χ4v) is 3.09. The molecule has 0 aliphatic heterocycles. The third kappa shape index (κ3) is 1.28. The highest BCUT2D eigenvalue weighted by atomic mass is 19.3. The maximum atomic E-state index is 11.8. The lowest BCUT2D eigenvalue weighted by molar-refractivity contribution is -0.277. The summed E-state index contributed by atoms with van der Waals surface area (Å²) in [7, 11) is 0. The first kappa shape index (κ1) is 9.38. The van der Waals surface area contributed by atoms with E-state index in [-0.39, 0.29) is 12.0 Å². The normalized spacial score (nSPS) is 42.0. The molecular formula is C10H16F2O. The first-order chi connectivity index (χ1) is 5.98. The van der Waals surface area contributed by atoms with Crippen LogP contribution in [-0.2, 0) is 4.74 Å². The lowest BCUT2D eigenvalue weighted by atomic mass is 9.32. The second kappa shape index (κ2) is 2.66. The van der Waals surface area contributed by atoms with E-state index < -0.39 is 6.61 Å². The number of hydrogen-bond acceptors (Lipinski definition) is 1. The second-order valence-corrected chi connectivity index (χ2v) is 5.12. The summed E-state index contributed by atoms with van der Waals surface area (Å²) in [5, 5.41) is 0. The molecule has 0 atom stereocenters. The molecule has 1 nitrogen and oxygen atoms in total. The Kier molecular flexibility index (Phi) is 1.92. The Balaban J connectivity index is 1.77. The van der Waals surface area contributed by atoms with Gasteiger partial charge in [0.25, 0.3) is 0 Å². The number of ether oxygens (including phenoxy) is 1. The van der Waals surface area contributed by atoms with Crippen molar-refractivity contribution in [1.82, 2.24) is 0 Å². The van der Waals surface area contributed by atoms with Crippen LogP contribution in [0.3, 0.4) is 0 Å². The van der Waals surface area contributed by atoms with Crippen LogP contribution in [0.1, 0.15) is 33.1 Å². The molecule has 0 spiro atoms. The Hall–Kier alpha value is -0.180. The van der Waals surface area contributed by atoms with Crippen molar-refractivity contribution in [2.75, 3.05) is 6.61 Å². The summed E-state index contributed by atoms with van der Waals surface area (Å²) in [6, 6.07) is 0. The van der Waals surface area contributed by atoms with E-state index in [2.05, 4.69) is 18.6 Å². The van der Waals surface area contributed by atoms with E-state index in [0.29, 0.717) is 11.3 Å². The smallest absolute Gasteiger partial charge is 0.322 e. The maximum Gasteiger partial charge on any atom is 0.345 e. The van der Waals surface area contributed by atoms with E-state index in [1.54, 1.807) is 0 Å². The van der Waals surface area contributed by atoms with Crippen LogP contribution in [0.5, 0.6) is 0 Å². The van der Waals surface area contributed by atoms with Gasteiger partial charge in [-0.15, -0.1) is 0 Å². The van der Waals surface area contributed by atoms with Crippen LogP contribution in [0, 0.1) is 16.7 Å². The van der Waals surface area contributed by atoms with Crippen molar-refractivity contribution in [3.8, 4) is 0 Å². The molecule has 0 radical (unpaired) electrons. The van der Waals surface area contributed by atoms with E-state index in [9.17, 15) is 8.78 Å². The molecule has 0 aromatic heterocycles. The third-order valence-corrected chi connectivity index (χ3v) is 3.92. The van der Waals surface area contributed by atoms with E-state index in [4.69, 9.17) is 0 Å². The summed E-state index contributed by atoms with van der Waals surface area (Å²) in [5.41, 5.74) is 0.631. The fraction of sp³-hybridized carbons (Fsp3) is 1.00. The number of alkyl halides is 2. The molecule has 2 bridgehead atoms. The van der Waals surface area contributed by atoms with Crippen LogP contribution in [-0.4, -0.2) is 13.2 Å². The molecule has 0 aromatic rings. The topological polar surface area (TPSA) is 9.23 Å². The van der Waals surface area contributed by atoms with Gasteiger partial charge in [-0.1, -0.05) is 13.8 Å². The van der Waals surface area contributed by atoms with Crippen LogP contribution in [0.4, 0.5) is 8.78 Å². The number of hydrogen-bond donors (Lipinski definition) is 0. The molecule has 0 N–H and O–H groups in total. The minimum atomic E-state index is -2.59. The largest absolute Gasteiger partial charge is 0.345 e. The Morgan fingerprint density at radius 1 is 1.23 bits per heavy atom. The zero-order valence-electron chi connectivity index (χ0n) is 8.15. The standard InChI is InChI=1S/C10H16F2O/c1-7(2)10-3-9(4-10,5-10)6-13-8(11)12/h7-8H,3-6H2,1-2H3. The molecule has 76 valence electrons. The molecule has 3 rings (SSSR count). The van der Waals surface area contributed by atoms with Crippen molar-refractivity contribution in [2.45, 2.75) is 39.7 Å². The highest BCUT2D eigenvalue weighted by Crippen LogP contribution is 2.76. The summed E-state index contributed by atoms with van der Waals surface area (Å²) >= 11 is 0. The quantitative estimate of drug-likeness (QED) is 0.662. The van der Waals surface area contributed by atoms with Crippen molar-refractivity contribution in [1.29, 1.82) is 0 Å². The lowest BCUT2D eigenvalue weighted by Gasteiger charge is -2.72. The van der Waals surface area contributed by atoms with Crippen molar-refractivity contribution in [3.05, 3.63) is 0 Å². The highest BCUT2D eigenvalue weighted by molar-refractivity contribution is 5.17. The van der Waals surface area contributed by atoms with Gasteiger partial charge >= 0.3 is 6.61 Å². The first-order valence-corrected chi connectivity index (χ1v) is 4.88. The minimum absolute atomic E-state index is 0.140. The molecule has 13 heavy (non-hydrogen) atoms. The summed E-state index contributed by atoms with van der Waals surface area (Å²) in [4.78, 5) is 0. The van der Waals surface area contributed by atoms with Gasteiger partial charge in [0.15, 0.2) is 0 Å². The van der Waals surface area contributed by atoms with Crippen molar-refractivity contribution in [2.24, 2.45) is 16.7 Å². The maximum absolute atomic E-state index is 11.8. The van der Waals surface area contributed by atoms with Gasteiger partial charge in [0.05, 0.1) is 6.61 Å². The molecule has 0 amide bonds. The minimum Gasteiger partial charge on any atom is -0.322 e. The van der Waals surface area contributed by atoms with Gasteiger partial charge in [-0.3, -0.25) is 0 Å². The average molecular weight is 190 g/mol. The third-order valence-electron chi connectivity index (χ3n) is 3.92. The van der Waals surface area contributed by atoms with Crippen molar-refractivity contribution in [3.63, 3.8) is 0 Å². The van der Waals surface area contributed by atoms with Gasteiger partial charge in [-0.2, -0.15) is 8.78 Å². The SMILES string of the molecule is CC(C)C12CC(COC(F)F)(C1)C2. The Morgan fingerprint density at radius 2 is 1.77 bits per heavy atom. The zero-order valence-corrected chi connectivity index (χ0v) is 8.15. The van der Waals surface area contributed by atoms with Gasteiger partial charge < -0.3 is 4.74 Å². The number of halogens is 2. The van der Waals surface area contributed by atoms with E-state index in [1.165, 1.54) is 0 Å². The zero-order chi connectivity index (χ0) is 9.69. The predicted octanol–water partition coefficient (Wildman–Crippen LogP) is 3.05. The Bertz CT molecular complexity index is 187. The van der Waals surface area contributed by atoms with Gasteiger partial charge in [-0.05, 0) is 36.0 Å². The summed E-state index contributed by atoms with van der Waals surface area (Å²) in [6.45, 7) is 2.11. The number of rotatable bonds is 4. The predicted molar refractivity (Wildman–Crippen MR) is 45.5 cm³/mol. The fourth-order valence-electron chi connectivity index (χ4n) is 3.09. The van der Waals surface area contributed by atoms with Crippen LogP contribution >= 0.6 is 0 Å². The van der Waals surface area contributed by atoms with E-state index in [1.807, 2.05) is 0 Å².